The molecule has 130 valence electrons. The van der Waals surface area contributed by atoms with Gasteiger partial charge in [0.15, 0.2) is 0 Å². The minimum absolute atomic E-state index is 0.162. The van der Waals surface area contributed by atoms with E-state index in [1.165, 1.54) is 29.0 Å². The third kappa shape index (κ3) is 4.10. The average molecular weight is 336 g/mol. The van der Waals surface area contributed by atoms with E-state index in [4.69, 9.17) is 5.11 Å². The first-order valence-corrected chi connectivity index (χ1v) is 7.81. The number of carbonyl (C=O) groups is 3. The first-order chi connectivity index (χ1) is 11.3. The highest BCUT2D eigenvalue weighted by molar-refractivity contribution is 5.97. The number of aryl methyl sites for hydroxylation is 1. The van der Waals surface area contributed by atoms with Gasteiger partial charge in [-0.15, -0.1) is 0 Å². The summed E-state index contributed by atoms with van der Waals surface area (Å²) in [5.74, 6) is -2.72. The van der Waals surface area contributed by atoms with Crippen LogP contribution in [0.25, 0.3) is 0 Å². The van der Waals surface area contributed by atoms with E-state index in [0.29, 0.717) is 24.9 Å². The van der Waals surface area contributed by atoms with E-state index in [9.17, 15) is 18.8 Å². The predicted molar refractivity (Wildman–Crippen MR) is 85.0 cm³/mol. The van der Waals surface area contributed by atoms with Crippen molar-refractivity contribution in [2.45, 2.75) is 19.8 Å². The zero-order chi connectivity index (χ0) is 17.9. The number of likely N-dealkylation sites (N-methyl/N-ethyl adjacent to an activating group) is 1. The van der Waals surface area contributed by atoms with Gasteiger partial charge in [0.1, 0.15) is 5.82 Å². The molecule has 0 saturated carbocycles. The Labute approximate surface area is 139 Å². The minimum Gasteiger partial charge on any atom is -0.481 e. The second-order valence-corrected chi connectivity index (χ2v) is 6.14. The third-order valence-electron chi connectivity index (χ3n) is 4.27. The molecule has 1 aromatic carbocycles. The van der Waals surface area contributed by atoms with Gasteiger partial charge in [-0.1, -0.05) is 6.07 Å². The van der Waals surface area contributed by atoms with Gasteiger partial charge in [-0.2, -0.15) is 0 Å². The lowest BCUT2D eigenvalue weighted by Crippen LogP contribution is -2.47. The summed E-state index contributed by atoms with van der Waals surface area (Å²) in [6.07, 6.45) is 1.18. The second-order valence-electron chi connectivity index (χ2n) is 6.14. The largest absolute Gasteiger partial charge is 0.481 e. The van der Waals surface area contributed by atoms with Crippen molar-refractivity contribution in [3.8, 4) is 0 Å². The van der Waals surface area contributed by atoms with Crippen LogP contribution < -0.4 is 0 Å². The van der Waals surface area contributed by atoms with Crippen molar-refractivity contribution >= 4 is 17.8 Å². The number of hydrogen-bond donors (Lipinski definition) is 1. The van der Waals surface area contributed by atoms with Gasteiger partial charge >= 0.3 is 5.97 Å². The molecule has 1 atom stereocenters. The Morgan fingerprint density at radius 3 is 2.75 bits per heavy atom. The zero-order valence-corrected chi connectivity index (χ0v) is 13.8. The first-order valence-electron chi connectivity index (χ1n) is 7.81. The van der Waals surface area contributed by atoms with Crippen LogP contribution in [0.2, 0.25) is 0 Å². The van der Waals surface area contributed by atoms with Crippen LogP contribution in [0.4, 0.5) is 4.39 Å². The summed E-state index contributed by atoms with van der Waals surface area (Å²) in [6.45, 7) is 2.18. The Balaban J connectivity index is 2.01. The van der Waals surface area contributed by atoms with E-state index in [0.717, 1.165) is 6.07 Å². The number of rotatable bonds is 4. The van der Waals surface area contributed by atoms with E-state index in [2.05, 4.69) is 0 Å². The molecule has 0 aliphatic carbocycles. The van der Waals surface area contributed by atoms with Crippen LogP contribution >= 0.6 is 0 Å². The second kappa shape index (κ2) is 7.42. The molecule has 2 amide bonds. The summed E-state index contributed by atoms with van der Waals surface area (Å²) in [5, 5.41) is 9.08. The van der Waals surface area contributed by atoms with Gasteiger partial charge in [0.25, 0.3) is 5.91 Å². The van der Waals surface area contributed by atoms with Crippen LogP contribution in [0.5, 0.6) is 0 Å². The highest BCUT2D eigenvalue weighted by Crippen LogP contribution is 2.17. The number of nitrogens with zero attached hydrogens (tertiary/aromatic N) is 2. The van der Waals surface area contributed by atoms with Crippen LogP contribution in [-0.2, 0) is 9.59 Å². The van der Waals surface area contributed by atoms with Gasteiger partial charge in [0.2, 0.25) is 5.91 Å². The molecule has 2 rings (SSSR count). The molecule has 1 aliphatic heterocycles. The molecule has 7 heteroatoms. The molecule has 1 aromatic rings. The molecule has 24 heavy (non-hydrogen) atoms. The molecule has 1 unspecified atom stereocenters. The van der Waals surface area contributed by atoms with Crippen LogP contribution in [0.15, 0.2) is 18.2 Å². The number of piperidine rings is 1. The standard InChI is InChI=1S/C17H21FN2O4/c1-11-5-6-13(18)8-14(11)16(22)19(2)10-15(21)20-7-3-4-12(9-20)17(23)24/h5-6,8,12H,3-4,7,9-10H2,1-2H3,(H,23,24). The molecule has 1 fully saturated rings. The van der Waals surface area contributed by atoms with Crippen molar-refractivity contribution in [2.24, 2.45) is 5.92 Å². The Bertz CT molecular complexity index is 662. The fourth-order valence-corrected chi connectivity index (χ4v) is 2.81. The predicted octanol–water partition coefficient (Wildman–Crippen LogP) is 1.53. The normalized spacial score (nSPS) is 17.5. The van der Waals surface area contributed by atoms with E-state index in [-0.39, 0.29) is 24.6 Å². The van der Waals surface area contributed by atoms with Gasteiger partial charge in [0, 0.05) is 25.7 Å². The molecule has 0 bridgehead atoms. The molecule has 0 spiro atoms. The maximum Gasteiger partial charge on any atom is 0.308 e. The van der Waals surface area contributed by atoms with Crippen LogP contribution in [0.1, 0.15) is 28.8 Å². The van der Waals surface area contributed by atoms with E-state index in [1.54, 1.807) is 6.92 Å². The Hall–Kier alpha value is -2.44. The molecule has 1 N–H and O–H groups in total. The van der Waals surface area contributed by atoms with Gasteiger partial charge in [-0.05, 0) is 37.5 Å². The van der Waals surface area contributed by atoms with Gasteiger partial charge < -0.3 is 14.9 Å². The van der Waals surface area contributed by atoms with Crippen LogP contribution in [0.3, 0.4) is 0 Å². The number of amides is 2. The quantitative estimate of drug-likeness (QED) is 0.904. The summed E-state index contributed by atoms with van der Waals surface area (Å²) < 4.78 is 13.3. The van der Waals surface area contributed by atoms with Gasteiger partial charge in [-0.3, -0.25) is 14.4 Å². The number of benzene rings is 1. The number of carbonyl (C=O) groups excluding carboxylic acids is 2. The van der Waals surface area contributed by atoms with Crippen molar-refractivity contribution in [1.82, 2.24) is 9.80 Å². The number of carboxylic acid groups (broad SMARTS) is 1. The number of likely N-dealkylation sites (tertiary alicyclic amines) is 1. The molecule has 0 radical (unpaired) electrons. The summed E-state index contributed by atoms with van der Waals surface area (Å²) >= 11 is 0. The first kappa shape index (κ1) is 17.9. The Kier molecular flexibility index (Phi) is 5.54. The molecule has 0 aromatic heterocycles. The molecular weight excluding hydrogens is 315 g/mol. The lowest BCUT2D eigenvalue weighted by Gasteiger charge is -2.32. The zero-order valence-electron chi connectivity index (χ0n) is 13.8. The van der Waals surface area contributed by atoms with Gasteiger partial charge in [0.05, 0.1) is 12.5 Å². The summed E-state index contributed by atoms with van der Waals surface area (Å²) in [6, 6.07) is 3.94. The van der Waals surface area contributed by atoms with E-state index >= 15 is 0 Å². The summed E-state index contributed by atoms with van der Waals surface area (Å²) in [5.41, 5.74) is 0.844. The van der Waals surface area contributed by atoms with Crippen molar-refractivity contribution in [3.63, 3.8) is 0 Å². The Morgan fingerprint density at radius 1 is 1.38 bits per heavy atom. The monoisotopic (exact) mass is 336 g/mol. The molecule has 6 nitrogen and oxygen atoms in total. The number of carboxylic acids is 1. The third-order valence-corrected chi connectivity index (χ3v) is 4.27. The number of halogens is 1. The number of aliphatic carboxylic acids is 1. The smallest absolute Gasteiger partial charge is 0.308 e. The fourth-order valence-electron chi connectivity index (χ4n) is 2.81. The highest BCUT2D eigenvalue weighted by atomic mass is 19.1. The fraction of sp³-hybridized carbons (Fsp3) is 0.471. The van der Waals surface area contributed by atoms with Crippen molar-refractivity contribution in [3.05, 3.63) is 35.1 Å². The van der Waals surface area contributed by atoms with E-state index < -0.39 is 23.6 Å². The SMILES string of the molecule is Cc1ccc(F)cc1C(=O)N(C)CC(=O)N1CCCC(C(=O)O)C1. The molecular formula is C17H21FN2O4. The molecule has 1 saturated heterocycles. The minimum atomic E-state index is -0.910. The summed E-state index contributed by atoms with van der Waals surface area (Å²) in [4.78, 5) is 38.5. The molecule has 1 heterocycles. The molecule has 1 aliphatic rings. The lowest BCUT2D eigenvalue weighted by molar-refractivity contribution is -0.145. The van der Waals surface area contributed by atoms with E-state index in [1.807, 2.05) is 0 Å². The maximum absolute atomic E-state index is 13.3. The Morgan fingerprint density at radius 2 is 2.08 bits per heavy atom. The maximum atomic E-state index is 13.3. The lowest BCUT2D eigenvalue weighted by atomic mass is 9.98. The van der Waals surface area contributed by atoms with Crippen LogP contribution in [-0.4, -0.2) is 59.4 Å². The number of hydrogen-bond acceptors (Lipinski definition) is 3. The topological polar surface area (TPSA) is 77.9 Å². The van der Waals surface area contributed by atoms with Crippen molar-refractivity contribution in [2.75, 3.05) is 26.7 Å². The van der Waals surface area contributed by atoms with Gasteiger partial charge in [-0.25, -0.2) is 4.39 Å². The average Bonchev–Trinajstić information content (AvgIpc) is 2.56. The highest BCUT2D eigenvalue weighted by Gasteiger charge is 2.29. The van der Waals surface area contributed by atoms with Crippen LogP contribution in [0, 0.1) is 18.7 Å². The van der Waals surface area contributed by atoms with Crippen molar-refractivity contribution in [1.29, 1.82) is 0 Å². The summed E-state index contributed by atoms with van der Waals surface area (Å²) in [7, 11) is 1.48. The van der Waals surface area contributed by atoms with Crippen molar-refractivity contribution < 1.29 is 23.9 Å².